The summed E-state index contributed by atoms with van der Waals surface area (Å²) >= 11 is 0. The van der Waals surface area contributed by atoms with E-state index >= 15 is 0 Å². The molecule has 1 aromatic rings. The number of carbonyl (C=O) groups is 1. The minimum Gasteiger partial charge on any atom is -0.320 e. The molecular formula is C16H21N3O. The van der Waals surface area contributed by atoms with Crippen LogP contribution in [0, 0.1) is 18.8 Å². The van der Waals surface area contributed by atoms with Gasteiger partial charge in [-0.25, -0.2) is 5.01 Å². The molecule has 0 bridgehead atoms. The van der Waals surface area contributed by atoms with E-state index in [1.165, 1.54) is 6.42 Å². The number of hydrazine groups is 1. The van der Waals surface area contributed by atoms with Crippen molar-refractivity contribution in [1.82, 2.24) is 10.4 Å². The van der Waals surface area contributed by atoms with E-state index in [1.54, 1.807) is 0 Å². The Morgan fingerprint density at radius 2 is 2.10 bits per heavy atom. The number of carbonyl (C=O) groups excluding carboxylic acids is 1. The third-order valence-corrected chi connectivity index (χ3v) is 3.36. The molecule has 1 amide bonds. The number of benzene rings is 1. The molecule has 0 aromatic heterocycles. The number of rotatable bonds is 2. The maximum Gasteiger partial charge on any atom is 0.266 e. The van der Waals surface area contributed by atoms with Gasteiger partial charge in [-0.1, -0.05) is 24.3 Å². The minimum absolute atomic E-state index is 0.0896. The fourth-order valence-electron chi connectivity index (χ4n) is 2.32. The van der Waals surface area contributed by atoms with Gasteiger partial charge in [0.05, 0.1) is 12.1 Å². The van der Waals surface area contributed by atoms with Gasteiger partial charge in [-0.15, -0.1) is 0 Å². The van der Waals surface area contributed by atoms with Crippen LogP contribution in [0.25, 0.3) is 0 Å². The molecular weight excluding hydrogens is 250 g/mol. The average Bonchev–Trinajstić information content (AvgIpc) is 2.46. The number of nitrogens with two attached hydrogens (primary N) is 1. The van der Waals surface area contributed by atoms with Gasteiger partial charge in [0.25, 0.3) is 5.91 Å². The third kappa shape index (κ3) is 3.83. The molecule has 1 aliphatic heterocycles. The van der Waals surface area contributed by atoms with E-state index in [-0.39, 0.29) is 5.91 Å². The van der Waals surface area contributed by atoms with Gasteiger partial charge in [-0.05, 0) is 37.5 Å². The Morgan fingerprint density at radius 3 is 2.80 bits per heavy atom. The Bertz CT molecular complexity index is 536. The van der Waals surface area contributed by atoms with E-state index in [1.807, 2.05) is 30.1 Å². The molecule has 20 heavy (non-hydrogen) atoms. The van der Waals surface area contributed by atoms with Crippen molar-refractivity contribution in [2.24, 2.45) is 5.73 Å². The monoisotopic (exact) mass is 271 g/mol. The van der Waals surface area contributed by atoms with Crippen LogP contribution in [-0.2, 0) is 0 Å². The second-order valence-corrected chi connectivity index (χ2v) is 5.04. The molecule has 0 saturated carbocycles. The summed E-state index contributed by atoms with van der Waals surface area (Å²) in [6.07, 6.45) is 3.51. The summed E-state index contributed by atoms with van der Waals surface area (Å²) < 4.78 is 0. The molecule has 106 valence electrons. The first kappa shape index (κ1) is 14.6. The molecule has 1 aromatic carbocycles. The first-order valence-electron chi connectivity index (χ1n) is 7.06. The van der Waals surface area contributed by atoms with Gasteiger partial charge < -0.3 is 5.73 Å². The summed E-state index contributed by atoms with van der Waals surface area (Å²) in [7, 11) is 0. The summed E-state index contributed by atoms with van der Waals surface area (Å²) in [5, 5.41) is 1.99. The molecule has 4 heteroatoms. The SMILES string of the molecule is Cc1ccc(C(=O)NN2CCCCC2)c(C#CCN)c1. The molecule has 0 radical (unpaired) electrons. The van der Waals surface area contributed by atoms with Gasteiger partial charge in [0.15, 0.2) is 0 Å². The number of aryl methyl sites for hydroxylation is 1. The Morgan fingerprint density at radius 1 is 1.35 bits per heavy atom. The van der Waals surface area contributed by atoms with Gasteiger partial charge in [0.2, 0.25) is 0 Å². The van der Waals surface area contributed by atoms with E-state index in [0.717, 1.165) is 37.1 Å². The van der Waals surface area contributed by atoms with E-state index in [2.05, 4.69) is 17.3 Å². The summed E-state index contributed by atoms with van der Waals surface area (Å²) in [6, 6.07) is 5.68. The highest BCUT2D eigenvalue weighted by atomic mass is 16.2. The van der Waals surface area contributed by atoms with E-state index < -0.39 is 0 Å². The van der Waals surface area contributed by atoms with Crippen LogP contribution in [0.15, 0.2) is 18.2 Å². The summed E-state index contributed by atoms with van der Waals surface area (Å²) in [6.45, 7) is 4.11. The minimum atomic E-state index is -0.0896. The number of hydrogen-bond acceptors (Lipinski definition) is 3. The number of nitrogens with zero attached hydrogens (tertiary/aromatic N) is 1. The van der Waals surface area contributed by atoms with Crippen molar-refractivity contribution in [3.63, 3.8) is 0 Å². The first-order valence-corrected chi connectivity index (χ1v) is 7.06. The fourth-order valence-corrected chi connectivity index (χ4v) is 2.32. The zero-order chi connectivity index (χ0) is 14.4. The quantitative estimate of drug-likeness (QED) is 0.800. The lowest BCUT2D eigenvalue weighted by molar-refractivity contribution is 0.0750. The maximum absolute atomic E-state index is 12.4. The van der Waals surface area contributed by atoms with Crippen LogP contribution in [0.1, 0.15) is 40.7 Å². The normalized spacial score (nSPS) is 15.3. The number of hydrogen-bond donors (Lipinski definition) is 2. The second-order valence-electron chi connectivity index (χ2n) is 5.04. The zero-order valence-corrected chi connectivity index (χ0v) is 11.9. The standard InChI is InChI=1S/C16H21N3O/c1-13-7-8-15(14(12-13)6-5-9-17)16(20)18-19-10-3-2-4-11-19/h7-8,12H,2-4,9-11,17H2,1H3,(H,18,20). The van der Waals surface area contributed by atoms with Crippen molar-refractivity contribution in [1.29, 1.82) is 0 Å². The van der Waals surface area contributed by atoms with Crippen LogP contribution in [0.3, 0.4) is 0 Å². The van der Waals surface area contributed by atoms with Crippen LogP contribution < -0.4 is 11.2 Å². The van der Waals surface area contributed by atoms with Crippen molar-refractivity contribution < 1.29 is 4.79 Å². The largest absolute Gasteiger partial charge is 0.320 e. The van der Waals surface area contributed by atoms with Crippen LogP contribution in [-0.4, -0.2) is 30.6 Å². The van der Waals surface area contributed by atoms with Crippen molar-refractivity contribution in [2.75, 3.05) is 19.6 Å². The Kier molecular flexibility index (Phi) is 5.16. The van der Waals surface area contributed by atoms with Gasteiger partial charge in [0.1, 0.15) is 0 Å². The molecule has 2 rings (SSSR count). The van der Waals surface area contributed by atoms with Gasteiger partial charge in [0, 0.05) is 18.7 Å². The molecule has 0 atom stereocenters. The lowest BCUT2D eigenvalue weighted by Gasteiger charge is -2.27. The predicted octanol–water partition coefficient (Wildman–Crippen LogP) is 1.44. The van der Waals surface area contributed by atoms with Gasteiger partial charge in [-0.2, -0.15) is 0 Å². The molecule has 1 fully saturated rings. The van der Waals surface area contributed by atoms with Crippen LogP contribution in [0.4, 0.5) is 0 Å². The molecule has 1 aliphatic rings. The van der Waals surface area contributed by atoms with Crippen LogP contribution in [0.2, 0.25) is 0 Å². The molecule has 1 heterocycles. The van der Waals surface area contributed by atoms with Gasteiger partial charge >= 0.3 is 0 Å². The first-order chi connectivity index (χ1) is 9.70. The molecule has 0 spiro atoms. The van der Waals surface area contributed by atoms with Crippen molar-refractivity contribution in [3.05, 3.63) is 34.9 Å². The molecule has 0 aliphatic carbocycles. The topological polar surface area (TPSA) is 58.4 Å². The third-order valence-electron chi connectivity index (χ3n) is 3.36. The predicted molar refractivity (Wildman–Crippen MR) is 80.0 cm³/mol. The number of amides is 1. The van der Waals surface area contributed by atoms with E-state index in [4.69, 9.17) is 5.73 Å². The van der Waals surface area contributed by atoms with Crippen LogP contribution in [0.5, 0.6) is 0 Å². The average molecular weight is 271 g/mol. The maximum atomic E-state index is 12.4. The van der Waals surface area contributed by atoms with Crippen LogP contribution >= 0.6 is 0 Å². The summed E-state index contributed by atoms with van der Waals surface area (Å²) in [5.41, 5.74) is 10.8. The molecule has 0 unspecified atom stereocenters. The fraction of sp³-hybridized carbons (Fsp3) is 0.438. The van der Waals surface area contributed by atoms with Gasteiger partial charge in [-0.3, -0.25) is 10.2 Å². The number of nitrogens with one attached hydrogen (secondary N) is 1. The highest BCUT2D eigenvalue weighted by Crippen LogP contribution is 2.12. The van der Waals surface area contributed by atoms with Crippen molar-refractivity contribution in [3.8, 4) is 11.8 Å². The molecule has 4 nitrogen and oxygen atoms in total. The summed E-state index contributed by atoms with van der Waals surface area (Å²) in [4.78, 5) is 12.4. The van der Waals surface area contributed by atoms with Crippen molar-refractivity contribution >= 4 is 5.91 Å². The highest BCUT2D eigenvalue weighted by molar-refractivity contribution is 5.96. The summed E-state index contributed by atoms with van der Waals surface area (Å²) in [5.74, 6) is 5.70. The smallest absolute Gasteiger partial charge is 0.266 e. The number of piperidine rings is 1. The Hall–Kier alpha value is -1.83. The second kappa shape index (κ2) is 7.09. The Labute approximate surface area is 120 Å². The lowest BCUT2D eigenvalue weighted by atomic mass is 10.0. The van der Waals surface area contributed by atoms with E-state index in [0.29, 0.717) is 12.1 Å². The zero-order valence-electron chi connectivity index (χ0n) is 11.9. The van der Waals surface area contributed by atoms with E-state index in [9.17, 15) is 4.79 Å². The van der Waals surface area contributed by atoms with Crippen molar-refractivity contribution in [2.45, 2.75) is 26.2 Å². The molecule has 3 N–H and O–H groups in total. The highest BCUT2D eigenvalue weighted by Gasteiger charge is 2.16. The molecule has 1 saturated heterocycles. The lowest BCUT2D eigenvalue weighted by Crippen LogP contribution is -2.45. The Balaban J connectivity index is 2.15.